The van der Waals surface area contributed by atoms with Crippen LogP contribution in [0.1, 0.15) is 67.5 Å². The first-order chi connectivity index (χ1) is 21.2. The fourth-order valence-electron chi connectivity index (χ4n) is 8.09. The number of aromatic amines is 1. The highest BCUT2D eigenvalue weighted by Gasteiger charge is 2.47. The van der Waals surface area contributed by atoms with Gasteiger partial charge in [0.2, 0.25) is 5.91 Å². The van der Waals surface area contributed by atoms with E-state index in [4.69, 9.17) is 4.74 Å². The van der Waals surface area contributed by atoms with Crippen molar-refractivity contribution < 1.29 is 14.3 Å². The molecule has 4 aliphatic rings. The predicted octanol–water partition coefficient (Wildman–Crippen LogP) is 5.60. The van der Waals surface area contributed by atoms with Crippen molar-refractivity contribution >= 4 is 33.5 Å². The molecule has 1 unspecified atom stereocenters. The zero-order valence-corrected chi connectivity index (χ0v) is 27.5. The summed E-state index contributed by atoms with van der Waals surface area (Å²) >= 11 is 1.75. The Kier molecular flexibility index (Phi) is 8.00. The smallest absolute Gasteiger partial charge is 0.317 e. The predicted molar refractivity (Wildman–Crippen MR) is 176 cm³/mol. The lowest BCUT2D eigenvalue weighted by molar-refractivity contribution is -0.137. The number of nitrogens with one attached hydrogen (secondary N) is 2. The number of carbonyl (C=O) groups excluding carboxylic acids is 2. The Morgan fingerprint density at radius 1 is 0.977 bits per heavy atom. The van der Waals surface area contributed by atoms with Gasteiger partial charge in [-0.3, -0.25) is 4.79 Å². The molecule has 0 aliphatic carbocycles. The van der Waals surface area contributed by atoms with Crippen LogP contribution in [0.3, 0.4) is 0 Å². The first-order valence-corrected chi connectivity index (χ1v) is 17.4. The van der Waals surface area contributed by atoms with Crippen molar-refractivity contribution in [3.63, 3.8) is 0 Å². The van der Waals surface area contributed by atoms with Gasteiger partial charge < -0.3 is 29.7 Å². The van der Waals surface area contributed by atoms with Gasteiger partial charge >= 0.3 is 6.03 Å². The molecule has 3 amide bonds. The van der Waals surface area contributed by atoms with Crippen LogP contribution in [-0.4, -0.2) is 95.7 Å². The standard InChI is InChI=1S/C35H47N5O3S/c1-22-17-23(2)19-24(18-22)31-28(10-12-38-11-9-25(21-38)36-34(42)39-13-15-43-16-14-39)29-20-30(44-32(29)37-31)35(3,4)33(41)40-26-5-6-27(40)8-7-26/h17-20,25-27,37H,5-16,21H2,1-4H3,(H,36,42). The molecule has 0 spiro atoms. The van der Waals surface area contributed by atoms with Gasteiger partial charge in [-0.05, 0) is 95.5 Å². The van der Waals surface area contributed by atoms with E-state index in [-0.39, 0.29) is 12.1 Å². The normalized spacial score (nSPS) is 24.1. The van der Waals surface area contributed by atoms with Gasteiger partial charge in [0.25, 0.3) is 0 Å². The number of morpholine rings is 1. The van der Waals surface area contributed by atoms with Crippen molar-refractivity contribution in [2.24, 2.45) is 0 Å². The van der Waals surface area contributed by atoms with E-state index in [0.717, 1.165) is 67.9 Å². The van der Waals surface area contributed by atoms with Crippen LogP contribution in [0.2, 0.25) is 0 Å². The zero-order chi connectivity index (χ0) is 30.6. The van der Waals surface area contributed by atoms with Gasteiger partial charge in [0.15, 0.2) is 0 Å². The minimum Gasteiger partial charge on any atom is -0.378 e. The third-order valence-corrected chi connectivity index (χ3v) is 11.9. The number of fused-ring (bicyclic) bond motifs is 3. The van der Waals surface area contributed by atoms with E-state index in [0.29, 0.717) is 44.3 Å². The summed E-state index contributed by atoms with van der Waals surface area (Å²) in [6.07, 6.45) is 6.53. The maximum absolute atomic E-state index is 14.0. The number of benzene rings is 1. The molecule has 2 N–H and O–H groups in total. The molecule has 236 valence electrons. The van der Waals surface area contributed by atoms with Crippen molar-refractivity contribution in [1.82, 2.24) is 25.0 Å². The minimum absolute atomic E-state index is 0.0366. The molecular weight excluding hydrogens is 570 g/mol. The molecule has 9 heteroatoms. The molecule has 7 rings (SSSR count). The van der Waals surface area contributed by atoms with E-state index in [2.05, 4.69) is 72.1 Å². The molecule has 6 heterocycles. The van der Waals surface area contributed by atoms with Gasteiger partial charge in [0.1, 0.15) is 4.83 Å². The first kappa shape index (κ1) is 29.8. The fourth-order valence-corrected chi connectivity index (χ4v) is 9.28. The Morgan fingerprint density at radius 3 is 2.34 bits per heavy atom. The van der Waals surface area contributed by atoms with Crippen molar-refractivity contribution in [3.05, 3.63) is 45.8 Å². The van der Waals surface area contributed by atoms with Crippen LogP contribution in [0.15, 0.2) is 24.3 Å². The summed E-state index contributed by atoms with van der Waals surface area (Å²) in [5.74, 6) is 0.296. The first-order valence-electron chi connectivity index (χ1n) is 16.6. The molecule has 8 nitrogen and oxygen atoms in total. The number of carbonyl (C=O) groups is 2. The molecule has 3 aromatic rings. The van der Waals surface area contributed by atoms with E-state index in [1.807, 2.05) is 4.90 Å². The van der Waals surface area contributed by atoms with Gasteiger partial charge in [-0.1, -0.05) is 17.2 Å². The Morgan fingerprint density at radius 2 is 1.66 bits per heavy atom. The van der Waals surface area contributed by atoms with E-state index in [1.165, 1.54) is 33.3 Å². The van der Waals surface area contributed by atoms with Crippen LogP contribution in [0.25, 0.3) is 21.5 Å². The maximum atomic E-state index is 14.0. The number of thiophene rings is 1. The monoisotopic (exact) mass is 617 g/mol. The second-order valence-corrected chi connectivity index (χ2v) is 15.1. The lowest BCUT2D eigenvalue weighted by Crippen LogP contribution is -2.49. The zero-order valence-electron chi connectivity index (χ0n) is 26.7. The van der Waals surface area contributed by atoms with E-state index in [9.17, 15) is 9.59 Å². The van der Waals surface area contributed by atoms with Crippen LogP contribution in [0, 0.1) is 13.8 Å². The van der Waals surface area contributed by atoms with Crippen molar-refractivity contribution in [3.8, 4) is 11.3 Å². The number of rotatable bonds is 7. The molecule has 4 fully saturated rings. The third kappa shape index (κ3) is 5.56. The molecule has 2 aromatic heterocycles. The molecule has 0 radical (unpaired) electrons. The Labute approximate surface area is 265 Å². The van der Waals surface area contributed by atoms with E-state index < -0.39 is 5.41 Å². The number of ether oxygens (including phenoxy) is 1. The summed E-state index contributed by atoms with van der Waals surface area (Å²) in [6.45, 7) is 13.9. The molecule has 1 atom stereocenters. The van der Waals surface area contributed by atoms with Gasteiger partial charge in [-0.2, -0.15) is 0 Å². The summed E-state index contributed by atoms with van der Waals surface area (Å²) in [6, 6.07) is 10.2. The topological polar surface area (TPSA) is 80.9 Å². The lowest BCUT2D eigenvalue weighted by atomic mass is 9.88. The summed E-state index contributed by atoms with van der Waals surface area (Å²) in [5, 5.41) is 4.52. The molecule has 0 saturated carbocycles. The number of aryl methyl sites for hydroxylation is 2. The number of nitrogens with zero attached hydrogens (tertiary/aromatic N) is 3. The Hall–Kier alpha value is -2.88. The summed E-state index contributed by atoms with van der Waals surface area (Å²) < 4.78 is 5.40. The van der Waals surface area contributed by atoms with Crippen LogP contribution in [-0.2, 0) is 21.4 Å². The number of likely N-dealkylation sites (tertiary alicyclic amines) is 1. The van der Waals surface area contributed by atoms with Crippen LogP contribution in [0.4, 0.5) is 4.79 Å². The molecule has 1 aromatic carbocycles. The summed E-state index contributed by atoms with van der Waals surface area (Å²) in [7, 11) is 0. The highest BCUT2D eigenvalue weighted by Crippen LogP contribution is 2.44. The highest BCUT2D eigenvalue weighted by atomic mass is 32.1. The van der Waals surface area contributed by atoms with Crippen LogP contribution >= 0.6 is 11.3 Å². The maximum Gasteiger partial charge on any atom is 0.317 e. The minimum atomic E-state index is -0.548. The molecule has 4 saturated heterocycles. The number of amides is 3. The van der Waals surface area contributed by atoms with Gasteiger partial charge in [-0.25, -0.2) is 4.79 Å². The number of hydrogen-bond donors (Lipinski definition) is 2. The van der Waals surface area contributed by atoms with Crippen molar-refractivity contribution in [2.75, 3.05) is 45.9 Å². The second kappa shape index (κ2) is 11.8. The highest BCUT2D eigenvalue weighted by molar-refractivity contribution is 7.19. The quantitative estimate of drug-likeness (QED) is 0.362. The fraction of sp³-hybridized carbons (Fsp3) is 0.600. The second-order valence-electron chi connectivity index (χ2n) is 14.1. The van der Waals surface area contributed by atoms with Crippen LogP contribution < -0.4 is 5.32 Å². The molecule has 4 aliphatic heterocycles. The molecular formula is C35H47N5O3S. The van der Waals surface area contributed by atoms with Gasteiger partial charge in [0, 0.05) is 61.1 Å². The van der Waals surface area contributed by atoms with Crippen molar-refractivity contribution in [2.45, 2.75) is 89.8 Å². The largest absolute Gasteiger partial charge is 0.378 e. The van der Waals surface area contributed by atoms with Crippen LogP contribution in [0.5, 0.6) is 0 Å². The lowest BCUT2D eigenvalue weighted by Gasteiger charge is -2.31. The molecule has 2 bridgehead atoms. The average molecular weight is 618 g/mol. The Balaban J connectivity index is 1.12. The third-order valence-electron chi connectivity index (χ3n) is 10.5. The van der Waals surface area contributed by atoms with Gasteiger partial charge in [0.05, 0.1) is 24.3 Å². The number of aromatic nitrogens is 1. The number of urea groups is 1. The SMILES string of the molecule is Cc1cc(C)cc(-c2[nH]c3sc(C(C)(C)C(=O)N4C5CCC4CC5)cc3c2CCN2CCC(NC(=O)N3CCOCC3)C2)c1. The Bertz CT molecular complexity index is 1510. The summed E-state index contributed by atoms with van der Waals surface area (Å²) in [5.41, 5.74) is 5.72. The molecule has 44 heavy (non-hydrogen) atoms. The van der Waals surface area contributed by atoms with E-state index in [1.54, 1.807) is 11.3 Å². The van der Waals surface area contributed by atoms with Gasteiger partial charge in [-0.15, -0.1) is 11.3 Å². The average Bonchev–Trinajstić information content (AvgIpc) is 3.83. The number of hydrogen-bond acceptors (Lipinski definition) is 5. The number of H-pyrrole nitrogens is 1. The summed E-state index contributed by atoms with van der Waals surface area (Å²) in [4.78, 5) is 39.4. The van der Waals surface area contributed by atoms with E-state index >= 15 is 0 Å². The van der Waals surface area contributed by atoms with Crippen molar-refractivity contribution in [1.29, 1.82) is 0 Å².